The van der Waals surface area contributed by atoms with Gasteiger partial charge in [0, 0.05) is 12.7 Å². The van der Waals surface area contributed by atoms with E-state index in [1.165, 1.54) is 5.56 Å². The van der Waals surface area contributed by atoms with Gasteiger partial charge in [-0.15, -0.1) is 10.2 Å². The average Bonchev–Trinajstić information content (AvgIpc) is 3.41. The Morgan fingerprint density at radius 3 is 2.68 bits per heavy atom. The second kappa shape index (κ2) is 6.35. The highest BCUT2D eigenvalue weighted by Crippen LogP contribution is 2.29. The first-order valence-electron chi connectivity index (χ1n) is 9.03. The van der Waals surface area contributed by atoms with Crippen molar-refractivity contribution >= 4 is 16.7 Å². The van der Waals surface area contributed by atoms with Crippen molar-refractivity contribution in [2.75, 3.05) is 0 Å². The van der Waals surface area contributed by atoms with E-state index < -0.39 is 0 Å². The highest BCUT2D eigenvalue weighted by molar-refractivity contribution is 5.86. The van der Waals surface area contributed by atoms with Crippen LogP contribution in [0, 0.1) is 18.3 Å². The van der Waals surface area contributed by atoms with Crippen LogP contribution in [0.2, 0.25) is 0 Å². The van der Waals surface area contributed by atoms with Crippen molar-refractivity contribution in [3.05, 3.63) is 72.2 Å². The van der Waals surface area contributed by atoms with Gasteiger partial charge in [-0.3, -0.25) is 9.08 Å². The van der Waals surface area contributed by atoms with E-state index in [-0.39, 0.29) is 6.54 Å². The molecule has 7 nitrogen and oxygen atoms in total. The van der Waals surface area contributed by atoms with Crippen LogP contribution in [-0.2, 0) is 13.1 Å². The molecule has 0 amide bonds. The fourth-order valence-corrected chi connectivity index (χ4v) is 3.65. The van der Waals surface area contributed by atoms with E-state index >= 15 is 0 Å². The Bertz CT molecular complexity index is 1330. The minimum absolute atomic E-state index is 0.230. The third-order valence-electron chi connectivity index (χ3n) is 4.92. The summed E-state index contributed by atoms with van der Waals surface area (Å²) in [4.78, 5) is 0. The third-order valence-corrected chi connectivity index (χ3v) is 4.92. The maximum atomic E-state index is 8.96. The van der Waals surface area contributed by atoms with Crippen molar-refractivity contribution in [1.29, 1.82) is 5.26 Å². The summed E-state index contributed by atoms with van der Waals surface area (Å²) in [5.74, 6) is 0.846. The summed E-state index contributed by atoms with van der Waals surface area (Å²) in [6, 6.07) is 20.6. The van der Waals surface area contributed by atoms with E-state index in [9.17, 15) is 0 Å². The van der Waals surface area contributed by atoms with Gasteiger partial charge in [0.1, 0.15) is 18.1 Å². The molecule has 0 bridgehead atoms. The summed E-state index contributed by atoms with van der Waals surface area (Å²) < 4.78 is 5.97. The second-order valence-corrected chi connectivity index (χ2v) is 6.70. The van der Waals surface area contributed by atoms with Gasteiger partial charge in [-0.2, -0.15) is 10.4 Å². The van der Waals surface area contributed by atoms with Crippen LogP contribution in [0.3, 0.4) is 0 Å². The first-order chi connectivity index (χ1) is 13.7. The van der Waals surface area contributed by atoms with Crippen LogP contribution in [0.25, 0.3) is 28.1 Å². The third kappa shape index (κ3) is 2.55. The Labute approximate surface area is 161 Å². The van der Waals surface area contributed by atoms with Gasteiger partial charge in [-0.1, -0.05) is 30.3 Å². The Kier molecular flexibility index (Phi) is 3.69. The largest absolute Gasteiger partial charge is 0.333 e. The topological polar surface area (TPSA) is 76.7 Å². The van der Waals surface area contributed by atoms with Crippen molar-refractivity contribution in [3.63, 3.8) is 0 Å². The number of rotatable bonds is 4. The minimum atomic E-state index is 0.230. The van der Waals surface area contributed by atoms with E-state index in [0.29, 0.717) is 0 Å². The molecule has 0 aliphatic carbocycles. The smallest absolute Gasteiger partial charge is 0.161 e. The van der Waals surface area contributed by atoms with Gasteiger partial charge in [-0.25, -0.2) is 0 Å². The summed E-state index contributed by atoms with van der Waals surface area (Å²) in [6.45, 7) is 2.90. The molecule has 0 fully saturated rings. The Hall–Kier alpha value is -3.92. The molecule has 4 heterocycles. The molecule has 7 heteroatoms. The molecule has 5 aromatic rings. The predicted octanol–water partition coefficient (Wildman–Crippen LogP) is 3.43. The van der Waals surface area contributed by atoms with E-state index in [1.807, 2.05) is 43.5 Å². The first kappa shape index (κ1) is 16.3. The lowest BCUT2D eigenvalue weighted by Crippen LogP contribution is -2.03. The van der Waals surface area contributed by atoms with Gasteiger partial charge in [0.2, 0.25) is 0 Å². The van der Waals surface area contributed by atoms with Crippen molar-refractivity contribution in [3.8, 4) is 17.5 Å². The van der Waals surface area contributed by atoms with Gasteiger partial charge >= 0.3 is 0 Å². The molecule has 5 rings (SSSR count). The van der Waals surface area contributed by atoms with Crippen LogP contribution < -0.4 is 0 Å². The minimum Gasteiger partial charge on any atom is -0.333 e. The number of hydrogen-bond donors (Lipinski definition) is 0. The highest BCUT2D eigenvalue weighted by atomic mass is 15.3. The van der Waals surface area contributed by atoms with Crippen molar-refractivity contribution < 1.29 is 0 Å². The molecular weight excluding hydrogens is 350 g/mol. The van der Waals surface area contributed by atoms with E-state index in [2.05, 4.69) is 54.6 Å². The number of hydrogen-bond acceptors (Lipinski definition) is 4. The molecule has 0 N–H and O–H groups in total. The first-order valence-corrected chi connectivity index (χ1v) is 9.03. The molecule has 0 saturated carbocycles. The maximum absolute atomic E-state index is 8.96. The molecule has 28 heavy (non-hydrogen) atoms. The summed E-state index contributed by atoms with van der Waals surface area (Å²) in [5.41, 5.74) is 5.99. The number of pyridine rings is 1. The quantitative estimate of drug-likeness (QED) is 0.488. The summed E-state index contributed by atoms with van der Waals surface area (Å²) in [5, 5.41) is 22.0. The van der Waals surface area contributed by atoms with Gasteiger partial charge < -0.3 is 4.57 Å². The molecule has 0 aliphatic rings. The maximum Gasteiger partial charge on any atom is 0.161 e. The SMILES string of the molecule is Cc1nnc2ccc3c(cc(-c4ccn(CC#N)n4)n3Cc3ccccc3)n12. The molecule has 4 aromatic heterocycles. The molecular formula is C21H17N7. The number of aryl methyl sites for hydroxylation is 1. The lowest BCUT2D eigenvalue weighted by atomic mass is 10.2. The van der Waals surface area contributed by atoms with E-state index in [1.54, 1.807) is 4.68 Å². The van der Waals surface area contributed by atoms with Crippen molar-refractivity contribution in [2.24, 2.45) is 0 Å². The molecule has 0 unspecified atom stereocenters. The number of fused-ring (bicyclic) bond motifs is 3. The molecule has 0 atom stereocenters. The van der Waals surface area contributed by atoms with Gasteiger partial charge in [-0.05, 0) is 36.8 Å². The molecule has 0 radical (unpaired) electrons. The van der Waals surface area contributed by atoms with Crippen LogP contribution in [0.1, 0.15) is 11.4 Å². The van der Waals surface area contributed by atoms with E-state index in [0.717, 1.165) is 40.4 Å². The fourth-order valence-electron chi connectivity index (χ4n) is 3.65. The number of nitrogens with zero attached hydrogens (tertiary/aromatic N) is 7. The van der Waals surface area contributed by atoms with Crippen molar-refractivity contribution in [2.45, 2.75) is 20.0 Å². The molecule has 0 spiro atoms. The number of nitriles is 1. The highest BCUT2D eigenvalue weighted by Gasteiger charge is 2.17. The lowest BCUT2D eigenvalue weighted by Gasteiger charge is -2.10. The predicted molar refractivity (Wildman–Crippen MR) is 106 cm³/mol. The van der Waals surface area contributed by atoms with Crippen LogP contribution in [0.15, 0.2) is 60.8 Å². The lowest BCUT2D eigenvalue weighted by molar-refractivity contribution is 0.709. The molecule has 1 aromatic carbocycles. The van der Waals surface area contributed by atoms with Gasteiger partial charge in [0.15, 0.2) is 5.65 Å². The Morgan fingerprint density at radius 1 is 1.00 bits per heavy atom. The summed E-state index contributed by atoms with van der Waals surface area (Å²) >= 11 is 0. The summed E-state index contributed by atoms with van der Waals surface area (Å²) in [7, 11) is 0. The zero-order valence-corrected chi connectivity index (χ0v) is 15.3. The van der Waals surface area contributed by atoms with Gasteiger partial charge in [0.25, 0.3) is 0 Å². The Balaban J connectivity index is 1.76. The normalized spacial score (nSPS) is 11.3. The second-order valence-electron chi connectivity index (χ2n) is 6.70. The molecule has 0 aliphatic heterocycles. The number of benzene rings is 1. The van der Waals surface area contributed by atoms with Crippen LogP contribution >= 0.6 is 0 Å². The number of aromatic nitrogens is 6. The Morgan fingerprint density at radius 2 is 1.86 bits per heavy atom. The summed E-state index contributed by atoms with van der Waals surface area (Å²) in [6.07, 6.45) is 1.84. The molecule has 0 saturated heterocycles. The average molecular weight is 367 g/mol. The zero-order chi connectivity index (χ0) is 19.1. The van der Waals surface area contributed by atoms with E-state index in [4.69, 9.17) is 5.26 Å². The van der Waals surface area contributed by atoms with Crippen LogP contribution in [0.4, 0.5) is 0 Å². The fraction of sp³-hybridized carbons (Fsp3) is 0.143. The molecule has 136 valence electrons. The van der Waals surface area contributed by atoms with Gasteiger partial charge in [0.05, 0.1) is 22.8 Å². The van der Waals surface area contributed by atoms with Crippen LogP contribution in [-0.4, -0.2) is 28.9 Å². The standard InChI is InChI=1S/C21H17N7/c1-15-23-24-21-8-7-18-20(28(15)21)13-19(17-9-11-26(25-17)12-10-22)27(18)14-16-5-3-2-4-6-16/h2-9,11,13H,12,14H2,1H3. The zero-order valence-electron chi connectivity index (χ0n) is 15.3. The monoisotopic (exact) mass is 367 g/mol. The van der Waals surface area contributed by atoms with Crippen molar-refractivity contribution in [1.82, 2.24) is 28.9 Å². The van der Waals surface area contributed by atoms with Crippen LogP contribution in [0.5, 0.6) is 0 Å².